The average Bonchev–Trinajstić information content (AvgIpc) is 2.45. The van der Waals surface area contributed by atoms with Crippen LogP contribution in [0.1, 0.15) is 23.6 Å². The Labute approximate surface area is 108 Å². The van der Waals surface area contributed by atoms with Crippen LogP contribution in [-0.4, -0.2) is 4.98 Å². The van der Waals surface area contributed by atoms with E-state index in [1.165, 1.54) is 11.1 Å². The molecule has 2 aromatic rings. The highest BCUT2D eigenvalue weighted by molar-refractivity contribution is 5.17. The first kappa shape index (κ1) is 12.5. The Morgan fingerprint density at radius 2 is 2.00 bits per heavy atom. The minimum absolute atomic E-state index is 0.274. The fraction of sp³-hybridized carbons (Fsp3) is 0.188. The molecule has 1 N–H and O–H groups in total. The standard InChI is InChI=1S/C16H18N2/c1-2-7-16(15-10-6-11-17-13-15)18-12-14-8-4-3-5-9-14/h2-6,8-11,13,16,18H,1,7,12H2/t16-/m0/s1. The molecule has 0 saturated carbocycles. The van der Waals surface area contributed by atoms with Gasteiger partial charge in [-0.1, -0.05) is 42.5 Å². The maximum absolute atomic E-state index is 4.17. The summed E-state index contributed by atoms with van der Waals surface area (Å²) in [5.41, 5.74) is 2.49. The Morgan fingerprint density at radius 1 is 1.17 bits per heavy atom. The van der Waals surface area contributed by atoms with Gasteiger partial charge in [0, 0.05) is 25.0 Å². The lowest BCUT2D eigenvalue weighted by atomic mass is 10.1. The van der Waals surface area contributed by atoms with Crippen molar-refractivity contribution in [1.29, 1.82) is 0 Å². The summed E-state index contributed by atoms with van der Waals surface area (Å²) in [6, 6.07) is 14.7. The molecule has 2 heteroatoms. The lowest BCUT2D eigenvalue weighted by Crippen LogP contribution is -2.20. The largest absolute Gasteiger partial charge is 0.306 e. The van der Waals surface area contributed by atoms with Crippen LogP contribution in [0.2, 0.25) is 0 Å². The van der Waals surface area contributed by atoms with E-state index in [9.17, 15) is 0 Å². The van der Waals surface area contributed by atoms with Crippen molar-refractivity contribution in [2.45, 2.75) is 19.0 Å². The topological polar surface area (TPSA) is 24.9 Å². The highest BCUT2D eigenvalue weighted by atomic mass is 14.9. The Morgan fingerprint density at radius 3 is 2.67 bits per heavy atom. The van der Waals surface area contributed by atoms with Crippen LogP contribution in [-0.2, 0) is 6.54 Å². The normalized spacial score (nSPS) is 12.0. The third-order valence-electron chi connectivity index (χ3n) is 2.88. The van der Waals surface area contributed by atoms with Gasteiger partial charge < -0.3 is 5.32 Å². The van der Waals surface area contributed by atoms with Gasteiger partial charge in [0.25, 0.3) is 0 Å². The van der Waals surface area contributed by atoms with Crippen molar-refractivity contribution in [2.24, 2.45) is 0 Å². The highest BCUT2D eigenvalue weighted by Gasteiger charge is 2.08. The van der Waals surface area contributed by atoms with E-state index in [0.717, 1.165) is 13.0 Å². The summed E-state index contributed by atoms with van der Waals surface area (Å²) in [6.07, 6.45) is 6.55. The molecule has 1 aromatic carbocycles. The molecule has 0 saturated heterocycles. The van der Waals surface area contributed by atoms with Crippen LogP contribution >= 0.6 is 0 Å². The molecule has 0 aliphatic carbocycles. The first-order valence-corrected chi connectivity index (χ1v) is 6.18. The van der Waals surface area contributed by atoms with Crippen LogP contribution in [0.15, 0.2) is 67.5 Å². The monoisotopic (exact) mass is 238 g/mol. The van der Waals surface area contributed by atoms with Crippen molar-refractivity contribution in [3.05, 3.63) is 78.6 Å². The number of aromatic nitrogens is 1. The van der Waals surface area contributed by atoms with E-state index in [0.29, 0.717) is 0 Å². The zero-order chi connectivity index (χ0) is 12.6. The lowest BCUT2D eigenvalue weighted by molar-refractivity contribution is 0.537. The van der Waals surface area contributed by atoms with Crippen molar-refractivity contribution in [3.8, 4) is 0 Å². The summed E-state index contributed by atoms with van der Waals surface area (Å²) >= 11 is 0. The summed E-state index contributed by atoms with van der Waals surface area (Å²) < 4.78 is 0. The van der Waals surface area contributed by atoms with Crippen molar-refractivity contribution < 1.29 is 0 Å². The molecule has 2 rings (SSSR count). The van der Waals surface area contributed by atoms with Crippen LogP contribution in [0.5, 0.6) is 0 Å². The molecule has 0 unspecified atom stereocenters. The maximum atomic E-state index is 4.17. The predicted molar refractivity (Wildman–Crippen MR) is 75.1 cm³/mol. The molecule has 1 aromatic heterocycles. The lowest BCUT2D eigenvalue weighted by Gasteiger charge is -2.17. The van der Waals surface area contributed by atoms with Gasteiger partial charge in [-0.15, -0.1) is 6.58 Å². The minimum atomic E-state index is 0.274. The van der Waals surface area contributed by atoms with Gasteiger partial charge in [-0.05, 0) is 23.6 Å². The third kappa shape index (κ3) is 3.54. The number of hydrogen-bond acceptors (Lipinski definition) is 2. The van der Waals surface area contributed by atoms with Gasteiger partial charge in [0.05, 0.1) is 0 Å². The first-order valence-electron chi connectivity index (χ1n) is 6.18. The molecule has 0 fully saturated rings. The second kappa shape index (κ2) is 6.72. The molecular weight excluding hydrogens is 220 g/mol. The second-order valence-corrected chi connectivity index (χ2v) is 4.23. The van der Waals surface area contributed by atoms with Gasteiger partial charge in [0.1, 0.15) is 0 Å². The van der Waals surface area contributed by atoms with Crippen LogP contribution in [0.25, 0.3) is 0 Å². The van der Waals surface area contributed by atoms with E-state index >= 15 is 0 Å². The number of nitrogens with one attached hydrogen (secondary N) is 1. The summed E-state index contributed by atoms with van der Waals surface area (Å²) in [5, 5.41) is 3.54. The maximum Gasteiger partial charge on any atom is 0.0373 e. The van der Waals surface area contributed by atoms with E-state index in [2.05, 4.69) is 47.2 Å². The van der Waals surface area contributed by atoms with Crippen LogP contribution in [0.4, 0.5) is 0 Å². The highest BCUT2D eigenvalue weighted by Crippen LogP contribution is 2.16. The smallest absolute Gasteiger partial charge is 0.0373 e. The summed E-state index contributed by atoms with van der Waals surface area (Å²) in [4.78, 5) is 4.17. The molecule has 0 bridgehead atoms. The van der Waals surface area contributed by atoms with E-state index in [-0.39, 0.29) is 6.04 Å². The average molecular weight is 238 g/mol. The Balaban J connectivity index is 2.01. The van der Waals surface area contributed by atoms with Crippen LogP contribution < -0.4 is 5.32 Å². The fourth-order valence-electron chi connectivity index (χ4n) is 1.92. The number of benzene rings is 1. The molecule has 0 spiro atoms. The number of nitrogens with zero attached hydrogens (tertiary/aromatic N) is 1. The zero-order valence-corrected chi connectivity index (χ0v) is 10.4. The number of rotatable bonds is 6. The molecule has 0 aliphatic heterocycles. The quantitative estimate of drug-likeness (QED) is 0.779. The summed E-state index contributed by atoms with van der Waals surface area (Å²) in [7, 11) is 0. The summed E-state index contributed by atoms with van der Waals surface area (Å²) in [6.45, 7) is 4.68. The molecule has 1 heterocycles. The van der Waals surface area contributed by atoms with Crippen molar-refractivity contribution in [3.63, 3.8) is 0 Å². The molecule has 0 amide bonds. The first-order chi connectivity index (χ1) is 8.90. The van der Waals surface area contributed by atoms with Crippen molar-refractivity contribution in [2.75, 3.05) is 0 Å². The van der Waals surface area contributed by atoms with Crippen LogP contribution in [0, 0.1) is 0 Å². The zero-order valence-electron chi connectivity index (χ0n) is 10.4. The van der Waals surface area contributed by atoms with Gasteiger partial charge in [0.15, 0.2) is 0 Å². The SMILES string of the molecule is C=CC[C@H](NCc1ccccc1)c1cccnc1. The van der Waals surface area contributed by atoms with E-state index in [1.807, 2.05) is 24.4 Å². The number of hydrogen-bond donors (Lipinski definition) is 1. The van der Waals surface area contributed by atoms with Gasteiger partial charge in [0.2, 0.25) is 0 Å². The Bertz CT molecular complexity index is 465. The molecule has 1 atom stereocenters. The van der Waals surface area contributed by atoms with Gasteiger partial charge >= 0.3 is 0 Å². The van der Waals surface area contributed by atoms with Gasteiger partial charge in [-0.3, -0.25) is 4.98 Å². The predicted octanol–water partition coefficient (Wildman–Crippen LogP) is 3.49. The fourth-order valence-corrected chi connectivity index (χ4v) is 1.92. The molecule has 2 nitrogen and oxygen atoms in total. The van der Waals surface area contributed by atoms with E-state index in [1.54, 1.807) is 6.20 Å². The molecule has 92 valence electrons. The Kier molecular flexibility index (Phi) is 4.68. The van der Waals surface area contributed by atoms with E-state index < -0.39 is 0 Å². The molecule has 18 heavy (non-hydrogen) atoms. The van der Waals surface area contributed by atoms with Crippen LogP contribution in [0.3, 0.4) is 0 Å². The molecule has 0 radical (unpaired) electrons. The third-order valence-corrected chi connectivity index (χ3v) is 2.88. The second-order valence-electron chi connectivity index (χ2n) is 4.23. The number of pyridine rings is 1. The van der Waals surface area contributed by atoms with Gasteiger partial charge in [-0.25, -0.2) is 0 Å². The molecule has 0 aliphatic rings. The Hall–Kier alpha value is -1.93. The minimum Gasteiger partial charge on any atom is -0.306 e. The van der Waals surface area contributed by atoms with E-state index in [4.69, 9.17) is 0 Å². The summed E-state index contributed by atoms with van der Waals surface area (Å²) in [5.74, 6) is 0. The van der Waals surface area contributed by atoms with Gasteiger partial charge in [-0.2, -0.15) is 0 Å². The van der Waals surface area contributed by atoms with Crippen molar-refractivity contribution in [1.82, 2.24) is 10.3 Å². The van der Waals surface area contributed by atoms with Crippen molar-refractivity contribution >= 4 is 0 Å². The molecular formula is C16H18N2.